The highest BCUT2D eigenvalue weighted by Gasteiger charge is 2.43. The predicted octanol–water partition coefficient (Wildman–Crippen LogP) is 7.67. The number of hydrazine groups is 1. The number of aryl methyl sites for hydroxylation is 2. The second-order valence-electron chi connectivity index (χ2n) is 11.4. The first-order valence-electron chi connectivity index (χ1n) is 14.2. The van der Waals surface area contributed by atoms with Crippen LogP contribution in [0.5, 0.6) is 5.75 Å². The molecule has 1 unspecified atom stereocenters. The summed E-state index contributed by atoms with van der Waals surface area (Å²) < 4.78 is 16.9. The number of ether oxygens (including phenoxy) is 3. The third kappa shape index (κ3) is 7.58. The lowest BCUT2D eigenvalue weighted by atomic mass is 10.0. The summed E-state index contributed by atoms with van der Waals surface area (Å²) in [5, 5.41) is 3.47. The lowest BCUT2D eigenvalue weighted by Crippen LogP contribution is -2.60. The third-order valence-electron chi connectivity index (χ3n) is 6.81. The number of benzene rings is 3. The molecule has 0 saturated carbocycles. The van der Waals surface area contributed by atoms with Crippen LogP contribution in [0.3, 0.4) is 0 Å². The monoisotopic (exact) mass is 628 g/mol. The van der Waals surface area contributed by atoms with Crippen molar-refractivity contribution in [2.45, 2.75) is 53.4 Å². The Morgan fingerprint density at radius 2 is 1.44 bits per heavy atom. The number of esters is 1. The quantitative estimate of drug-likeness (QED) is 0.118. The van der Waals surface area contributed by atoms with Crippen molar-refractivity contribution in [3.63, 3.8) is 0 Å². The Morgan fingerprint density at radius 1 is 0.778 bits per heavy atom. The summed E-state index contributed by atoms with van der Waals surface area (Å²) in [5.41, 5.74) is 1.76. The third-order valence-corrected chi connectivity index (χ3v) is 7.66. The Hall–Kier alpha value is -4.96. The molecule has 9 nitrogen and oxygen atoms in total. The predicted molar refractivity (Wildman–Crippen MR) is 171 cm³/mol. The minimum atomic E-state index is -1.53. The molecule has 4 aromatic rings. The number of rotatable bonds is 7. The molecule has 1 heterocycles. The van der Waals surface area contributed by atoms with Gasteiger partial charge >= 0.3 is 12.1 Å². The molecule has 3 amide bonds. The van der Waals surface area contributed by atoms with Gasteiger partial charge in [0.05, 0.1) is 12.6 Å². The van der Waals surface area contributed by atoms with Gasteiger partial charge in [0.25, 0.3) is 18.1 Å². The molecule has 0 N–H and O–H groups in total. The van der Waals surface area contributed by atoms with Gasteiger partial charge in [0.15, 0.2) is 0 Å². The standard InChI is InChI=1S/C35H36N2O7S/c1-22-19-23(2)21-26(20-22)30(38)37(35(4,5)6)36(31(39)27-15-11-16-28(42-7)24(27)3)34(41)44-33(25-13-9-8-10-14-25)43-32(40)29-17-12-18-45-29/h8-21,33H,1-7H3. The van der Waals surface area contributed by atoms with Crippen molar-refractivity contribution in [1.82, 2.24) is 10.0 Å². The average Bonchev–Trinajstić information content (AvgIpc) is 3.54. The Bertz CT molecular complexity index is 1670. The van der Waals surface area contributed by atoms with Crippen molar-refractivity contribution in [2.75, 3.05) is 7.11 Å². The van der Waals surface area contributed by atoms with Crippen LogP contribution < -0.4 is 4.74 Å². The second-order valence-corrected chi connectivity index (χ2v) is 12.4. The molecule has 0 radical (unpaired) electrons. The fourth-order valence-corrected chi connectivity index (χ4v) is 5.42. The number of methoxy groups -OCH3 is 1. The summed E-state index contributed by atoms with van der Waals surface area (Å²) in [4.78, 5) is 56.3. The van der Waals surface area contributed by atoms with Crippen molar-refractivity contribution in [3.05, 3.63) is 123 Å². The number of amides is 3. The minimum absolute atomic E-state index is 0.112. The fourth-order valence-electron chi connectivity index (χ4n) is 4.81. The van der Waals surface area contributed by atoms with E-state index in [9.17, 15) is 19.2 Å². The molecule has 0 aliphatic rings. The zero-order chi connectivity index (χ0) is 32.9. The van der Waals surface area contributed by atoms with E-state index < -0.39 is 35.7 Å². The van der Waals surface area contributed by atoms with Gasteiger partial charge in [-0.15, -0.1) is 16.3 Å². The molecular formula is C35H36N2O7S. The van der Waals surface area contributed by atoms with Crippen LogP contribution in [0.15, 0.2) is 84.2 Å². The number of nitrogens with zero attached hydrogens (tertiary/aromatic N) is 2. The average molecular weight is 629 g/mol. The molecule has 0 fully saturated rings. The van der Waals surface area contributed by atoms with E-state index in [2.05, 4.69) is 0 Å². The van der Waals surface area contributed by atoms with Gasteiger partial charge in [0.1, 0.15) is 10.6 Å². The number of carbonyl (C=O) groups excluding carboxylic acids is 4. The number of carbonyl (C=O) groups is 4. The first-order valence-corrected chi connectivity index (χ1v) is 15.1. The van der Waals surface area contributed by atoms with E-state index >= 15 is 0 Å². The molecule has 0 aliphatic heterocycles. The van der Waals surface area contributed by atoms with Gasteiger partial charge < -0.3 is 14.2 Å². The van der Waals surface area contributed by atoms with E-state index in [1.165, 1.54) is 24.5 Å². The van der Waals surface area contributed by atoms with Gasteiger partial charge in [-0.25, -0.2) is 14.6 Å². The van der Waals surface area contributed by atoms with E-state index in [0.717, 1.165) is 16.1 Å². The summed E-state index contributed by atoms with van der Waals surface area (Å²) in [7, 11) is 1.47. The van der Waals surface area contributed by atoms with E-state index in [0.29, 0.717) is 26.8 Å². The zero-order valence-electron chi connectivity index (χ0n) is 26.3. The van der Waals surface area contributed by atoms with Crippen LogP contribution in [0.1, 0.15) is 79.7 Å². The number of hydrogen-bond donors (Lipinski definition) is 0. The van der Waals surface area contributed by atoms with Gasteiger partial charge in [-0.3, -0.25) is 9.59 Å². The van der Waals surface area contributed by atoms with Crippen molar-refractivity contribution in [2.24, 2.45) is 0 Å². The molecule has 45 heavy (non-hydrogen) atoms. The molecule has 4 rings (SSSR count). The normalized spacial score (nSPS) is 11.7. The first kappa shape index (κ1) is 32.9. The maximum Gasteiger partial charge on any atom is 0.439 e. The lowest BCUT2D eigenvalue weighted by molar-refractivity contribution is -0.102. The highest BCUT2D eigenvalue weighted by Crippen LogP contribution is 2.30. The molecule has 234 valence electrons. The van der Waals surface area contributed by atoms with Crippen LogP contribution >= 0.6 is 11.3 Å². The molecule has 3 aromatic carbocycles. The first-order chi connectivity index (χ1) is 21.3. The minimum Gasteiger partial charge on any atom is -0.496 e. The van der Waals surface area contributed by atoms with E-state index in [-0.39, 0.29) is 11.1 Å². The van der Waals surface area contributed by atoms with E-state index in [1.54, 1.807) is 99.8 Å². The Kier molecular flexibility index (Phi) is 10.1. The molecule has 10 heteroatoms. The SMILES string of the molecule is COc1cccc(C(=O)N(C(=O)OC(OC(=O)c2cccs2)c2ccccc2)N(C(=O)c2cc(C)cc(C)c2)C(C)(C)C)c1C. The van der Waals surface area contributed by atoms with E-state index in [4.69, 9.17) is 14.2 Å². The van der Waals surface area contributed by atoms with Gasteiger partial charge in [0, 0.05) is 22.3 Å². The lowest BCUT2D eigenvalue weighted by Gasteiger charge is -2.41. The molecule has 1 atom stereocenters. The highest BCUT2D eigenvalue weighted by atomic mass is 32.1. The molecular weight excluding hydrogens is 592 g/mol. The van der Waals surface area contributed by atoms with Crippen LogP contribution in [0.4, 0.5) is 4.79 Å². The number of hydrogen-bond acceptors (Lipinski definition) is 8. The largest absolute Gasteiger partial charge is 0.496 e. The van der Waals surface area contributed by atoms with Crippen molar-refractivity contribution < 1.29 is 33.4 Å². The summed E-state index contributed by atoms with van der Waals surface area (Å²) >= 11 is 1.17. The van der Waals surface area contributed by atoms with Gasteiger partial charge in [-0.1, -0.05) is 59.7 Å². The van der Waals surface area contributed by atoms with Gasteiger partial charge in [-0.2, -0.15) is 0 Å². The number of imide groups is 1. The van der Waals surface area contributed by atoms with E-state index in [1.807, 2.05) is 19.9 Å². The topological polar surface area (TPSA) is 102 Å². The molecule has 0 spiro atoms. The Morgan fingerprint density at radius 3 is 2.02 bits per heavy atom. The highest BCUT2D eigenvalue weighted by molar-refractivity contribution is 7.11. The summed E-state index contributed by atoms with van der Waals surface area (Å²) in [6.07, 6.45) is -2.75. The summed E-state index contributed by atoms with van der Waals surface area (Å²) in [6, 6.07) is 21.8. The Labute approximate surface area is 266 Å². The maximum atomic E-state index is 14.4. The molecule has 0 bridgehead atoms. The maximum absolute atomic E-state index is 14.4. The van der Waals surface area contributed by atoms with Gasteiger partial charge in [0.2, 0.25) is 0 Å². The van der Waals surface area contributed by atoms with Crippen LogP contribution in [-0.4, -0.2) is 46.5 Å². The van der Waals surface area contributed by atoms with Crippen molar-refractivity contribution in [1.29, 1.82) is 0 Å². The van der Waals surface area contributed by atoms with Crippen LogP contribution in [0, 0.1) is 20.8 Å². The summed E-state index contributed by atoms with van der Waals surface area (Å²) in [5.74, 6) is -1.73. The van der Waals surface area contributed by atoms with Crippen molar-refractivity contribution in [3.8, 4) is 5.75 Å². The van der Waals surface area contributed by atoms with Crippen LogP contribution in [0.25, 0.3) is 0 Å². The van der Waals surface area contributed by atoms with Crippen LogP contribution in [-0.2, 0) is 9.47 Å². The van der Waals surface area contributed by atoms with Gasteiger partial charge in [-0.05, 0) is 77.3 Å². The van der Waals surface area contributed by atoms with Crippen molar-refractivity contribution >= 4 is 35.2 Å². The molecule has 1 aromatic heterocycles. The van der Waals surface area contributed by atoms with Crippen LogP contribution in [0.2, 0.25) is 0 Å². The molecule has 0 saturated heterocycles. The Balaban J connectivity index is 1.84. The summed E-state index contributed by atoms with van der Waals surface area (Å²) in [6.45, 7) is 10.5. The zero-order valence-corrected chi connectivity index (χ0v) is 27.1. The fraction of sp³-hybridized carbons (Fsp3) is 0.257. The second kappa shape index (κ2) is 13.8. The smallest absolute Gasteiger partial charge is 0.439 e. The number of thiophene rings is 1. The molecule has 0 aliphatic carbocycles.